The second-order valence-electron chi connectivity index (χ2n) is 8.85. The van der Waals surface area contributed by atoms with Crippen LogP contribution in [0.3, 0.4) is 0 Å². The zero-order chi connectivity index (χ0) is 22.1. The van der Waals surface area contributed by atoms with Crippen molar-refractivity contribution in [3.05, 3.63) is 70.4 Å². The molecule has 0 atom stereocenters. The summed E-state index contributed by atoms with van der Waals surface area (Å²) in [6.07, 6.45) is 3.41. The van der Waals surface area contributed by atoms with E-state index in [1.54, 1.807) is 7.11 Å². The Morgan fingerprint density at radius 2 is 1.91 bits per heavy atom. The number of likely N-dealkylation sites (tertiary alicyclic amines) is 1. The minimum atomic E-state index is 0.0303. The van der Waals surface area contributed by atoms with E-state index in [9.17, 15) is 4.79 Å². The lowest BCUT2D eigenvalue weighted by atomic mass is 9.93. The molecule has 1 saturated heterocycles. The minimum absolute atomic E-state index is 0.0303. The number of amides is 1. The summed E-state index contributed by atoms with van der Waals surface area (Å²) < 4.78 is 5.65. The van der Waals surface area contributed by atoms with Crippen LogP contribution in [-0.4, -0.2) is 47.4 Å². The highest BCUT2D eigenvalue weighted by Gasteiger charge is 2.34. The summed E-state index contributed by atoms with van der Waals surface area (Å²) in [7, 11) is 1.61. The molecule has 5 nitrogen and oxygen atoms in total. The number of methoxy groups -OCH3 is 1. The molecule has 0 saturated carbocycles. The Hall–Kier alpha value is -2.63. The van der Waals surface area contributed by atoms with Crippen molar-refractivity contribution in [2.24, 2.45) is 5.92 Å². The van der Waals surface area contributed by atoms with Gasteiger partial charge in [0.25, 0.3) is 5.91 Å². The van der Waals surface area contributed by atoms with Gasteiger partial charge in [-0.1, -0.05) is 41.9 Å². The van der Waals surface area contributed by atoms with Crippen LogP contribution in [0.15, 0.2) is 48.5 Å². The summed E-state index contributed by atoms with van der Waals surface area (Å²) >= 11 is 6.15. The van der Waals surface area contributed by atoms with E-state index in [2.05, 4.69) is 35.2 Å². The van der Waals surface area contributed by atoms with Crippen LogP contribution < -0.4 is 4.74 Å². The van der Waals surface area contributed by atoms with Gasteiger partial charge in [0.05, 0.1) is 24.9 Å². The second kappa shape index (κ2) is 9.08. The molecule has 0 spiro atoms. The van der Waals surface area contributed by atoms with Crippen molar-refractivity contribution in [1.82, 2.24) is 14.8 Å². The third-order valence-corrected chi connectivity index (χ3v) is 7.02. The first kappa shape index (κ1) is 21.2. The van der Waals surface area contributed by atoms with Crippen LogP contribution in [0.5, 0.6) is 5.75 Å². The molecule has 1 amide bonds. The van der Waals surface area contributed by atoms with Crippen LogP contribution in [0.25, 0.3) is 10.9 Å². The molecule has 5 rings (SSSR count). The molecule has 2 aliphatic heterocycles. The second-order valence-corrected chi connectivity index (χ2v) is 9.29. The Bertz CT molecular complexity index is 1130. The topological polar surface area (TPSA) is 45.7 Å². The zero-order valence-corrected chi connectivity index (χ0v) is 19.1. The largest absolute Gasteiger partial charge is 0.495 e. The van der Waals surface area contributed by atoms with Gasteiger partial charge < -0.3 is 9.64 Å². The number of halogens is 1. The molecule has 2 aliphatic rings. The number of benzene rings is 2. The third kappa shape index (κ3) is 4.19. The van der Waals surface area contributed by atoms with E-state index in [0.29, 0.717) is 28.8 Å². The van der Waals surface area contributed by atoms with Crippen LogP contribution in [0.2, 0.25) is 5.02 Å². The van der Waals surface area contributed by atoms with E-state index in [1.165, 1.54) is 18.4 Å². The molecule has 1 fully saturated rings. The molecule has 32 heavy (non-hydrogen) atoms. The first-order valence-corrected chi connectivity index (χ1v) is 11.7. The lowest BCUT2D eigenvalue weighted by molar-refractivity contribution is 0.0754. The van der Waals surface area contributed by atoms with Gasteiger partial charge in [-0.15, -0.1) is 0 Å². The van der Waals surface area contributed by atoms with Crippen molar-refractivity contribution in [3.8, 4) is 5.75 Å². The summed E-state index contributed by atoms with van der Waals surface area (Å²) in [6, 6.07) is 16.2. The maximum absolute atomic E-state index is 13.2. The number of carbonyl (C=O) groups is 1. The predicted octanol–water partition coefficient (Wildman–Crippen LogP) is 5.15. The Morgan fingerprint density at radius 1 is 1.12 bits per heavy atom. The first-order chi connectivity index (χ1) is 15.6. The number of hydrogen-bond donors (Lipinski definition) is 0. The molecule has 3 heterocycles. The Labute approximate surface area is 193 Å². The van der Waals surface area contributed by atoms with E-state index in [1.807, 2.05) is 23.1 Å². The molecule has 0 aliphatic carbocycles. The van der Waals surface area contributed by atoms with Gasteiger partial charge in [-0.2, -0.15) is 0 Å². The van der Waals surface area contributed by atoms with Crippen LogP contribution in [-0.2, 0) is 13.1 Å². The SMILES string of the molecule is COc1c2c(nc3cc(Cl)ccc13)CN(CCC1CCN(Cc3ccccc3)CC1)C2=O. The summed E-state index contributed by atoms with van der Waals surface area (Å²) in [5.74, 6) is 1.30. The maximum atomic E-state index is 13.2. The van der Waals surface area contributed by atoms with E-state index in [0.717, 1.165) is 49.2 Å². The minimum Gasteiger partial charge on any atom is -0.495 e. The molecule has 1 aromatic heterocycles. The van der Waals surface area contributed by atoms with E-state index >= 15 is 0 Å². The molecule has 2 aromatic carbocycles. The van der Waals surface area contributed by atoms with E-state index in [4.69, 9.17) is 21.3 Å². The summed E-state index contributed by atoms with van der Waals surface area (Å²) in [5.41, 5.74) is 3.55. The normalized spacial score (nSPS) is 17.2. The number of rotatable bonds is 6. The molecular formula is C26H28ClN3O2. The fraction of sp³-hybridized carbons (Fsp3) is 0.385. The van der Waals surface area contributed by atoms with Gasteiger partial charge in [0.15, 0.2) is 0 Å². The van der Waals surface area contributed by atoms with Gasteiger partial charge in [-0.3, -0.25) is 9.69 Å². The van der Waals surface area contributed by atoms with Crippen molar-refractivity contribution in [2.45, 2.75) is 32.4 Å². The molecule has 0 N–H and O–H groups in total. The van der Waals surface area contributed by atoms with Crippen LogP contribution in [0.4, 0.5) is 0 Å². The fourth-order valence-electron chi connectivity index (χ4n) is 5.01. The molecule has 166 valence electrons. The van der Waals surface area contributed by atoms with Gasteiger partial charge in [-0.25, -0.2) is 4.98 Å². The highest BCUT2D eigenvalue weighted by molar-refractivity contribution is 6.31. The molecule has 3 aromatic rings. The first-order valence-electron chi connectivity index (χ1n) is 11.3. The number of fused-ring (bicyclic) bond motifs is 2. The van der Waals surface area contributed by atoms with Crippen LogP contribution in [0.1, 0.15) is 40.9 Å². The number of aromatic nitrogens is 1. The van der Waals surface area contributed by atoms with E-state index < -0.39 is 0 Å². The lowest BCUT2D eigenvalue weighted by Gasteiger charge is -2.32. The molecule has 0 bridgehead atoms. The maximum Gasteiger partial charge on any atom is 0.259 e. The van der Waals surface area contributed by atoms with Gasteiger partial charge in [-0.05, 0) is 62.0 Å². The van der Waals surface area contributed by atoms with Crippen molar-refractivity contribution in [1.29, 1.82) is 0 Å². The van der Waals surface area contributed by atoms with E-state index in [-0.39, 0.29) is 5.91 Å². The van der Waals surface area contributed by atoms with Crippen molar-refractivity contribution in [3.63, 3.8) is 0 Å². The van der Waals surface area contributed by atoms with Crippen molar-refractivity contribution in [2.75, 3.05) is 26.7 Å². The number of piperidine rings is 1. The number of pyridine rings is 1. The van der Waals surface area contributed by atoms with Crippen molar-refractivity contribution < 1.29 is 9.53 Å². The average Bonchev–Trinajstić information content (AvgIpc) is 3.12. The smallest absolute Gasteiger partial charge is 0.259 e. The molecule has 0 unspecified atom stereocenters. The number of carbonyl (C=O) groups excluding carboxylic acids is 1. The summed E-state index contributed by atoms with van der Waals surface area (Å²) in [4.78, 5) is 22.4. The van der Waals surface area contributed by atoms with Crippen molar-refractivity contribution >= 4 is 28.4 Å². The summed E-state index contributed by atoms with van der Waals surface area (Å²) in [6.45, 7) is 4.57. The number of nitrogens with zero attached hydrogens (tertiary/aromatic N) is 3. The molecule has 0 radical (unpaired) electrons. The number of ether oxygens (including phenoxy) is 1. The fourth-order valence-corrected chi connectivity index (χ4v) is 5.17. The quantitative estimate of drug-likeness (QED) is 0.521. The highest BCUT2D eigenvalue weighted by atomic mass is 35.5. The van der Waals surface area contributed by atoms with Gasteiger partial charge in [0.2, 0.25) is 0 Å². The monoisotopic (exact) mass is 449 g/mol. The Morgan fingerprint density at radius 3 is 2.66 bits per heavy atom. The molecular weight excluding hydrogens is 422 g/mol. The third-order valence-electron chi connectivity index (χ3n) is 6.78. The van der Waals surface area contributed by atoms with Crippen LogP contribution >= 0.6 is 11.6 Å². The van der Waals surface area contributed by atoms with Gasteiger partial charge >= 0.3 is 0 Å². The standard InChI is InChI=1S/C26H28ClN3O2/c1-32-25-21-8-7-20(27)15-22(21)28-23-17-30(26(31)24(23)25)14-11-18-9-12-29(13-10-18)16-19-5-3-2-4-6-19/h2-8,15,18H,9-14,16-17H2,1H3. The predicted molar refractivity (Wildman–Crippen MR) is 127 cm³/mol. The zero-order valence-electron chi connectivity index (χ0n) is 18.4. The molecule has 6 heteroatoms. The summed E-state index contributed by atoms with van der Waals surface area (Å²) in [5, 5.41) is 1.46. The van der Waals surface area contributed by atoms with Gasteiger partial charge in [0.1, 0.15) is 11.3 Å². The lowest BCUT2D eigenvalue weighted by Crippen LogP contribution is -2.35. The Kier molecular flexibility index (Phi) is 6.03. The number of hydrogen-bond acceptors (Lipinski definition) is 4. The Balaban J connectivity index is 1.20. The van der Waals surface area contributed by atoms with Crippen LogP contribution in [0, 0.1) is 5.92 Å². The highest BCUT2D eigenvalue weighted by Crippen LogP contribution is 2.37. The average molecular weight is 450 g/mol. The van der Waals surface area contributed by atoms with Gasteiger partial charge in [0, 0.05) is 23.5 Å².